The molecule has 2 fully saturated rings. The summed E-state index contributed by atoms with van der Waals surface area (Å²) < 4.78 is 25.2. The highest BCUT2D eigenvalue weighted by atomic mass is 35.5. The molecule has 1 aliphatic carbocycles. The fourth-order valence-corrected chi connectivity index (χ4v) is 4.64. The van der Waals surface area contributed by atoms with Gasteiger partial charge < -0.3 is 0 Å². The van der Waals surface area contributed by atoms with Crippen LogP contribution in [0.2, 0.25) is 5.02 Å². The number of sulfonamides is 1. The molecule has 1 aromatic heterocycles. The first-order chi connectivity index (χ1) is 9.84. The second-order valence-corrected chi connectivity index (χ2v) is 8.68. The second kappa shape index (κ2) is 5.50. The predicted octanol–water partition coefficient (Wildman–Crippen LogP) is 1.64. The highest BCUT2D eigenvalue weighted by Gasteiger charge is 2.48. The van der Waals surface area contributed by atoms with E-state index >= 15 is 0 Å². The van der Waals surface area contributed by atoms with Gasteiger partial charge in [0.05, 0.1) is 11.3 Å². The van der Waals surface area contributed by atoms with Crippen molar-refractivity contribution in [3.8, 4) is 0 Å². The molecule has 116 valence electrons. The van der Waals surface area contributed by atoms with Crippen LogP contribution in [0.15, 0.2) is 18.5 Å². The predicted molar refractivity (Wildman–Crippen MR) is 82.6 cm³/mol. The summed E-state index contributed by atoms with van der Waals surface area (Å²) >= 11 is 5.96. The van der Waals surface area contributed by atoms with Crippen LogP contribution in [0.3, 0.4) is 0 Å². The standard InChI is InChI=1S/C14H20ClN3O2S/c1-21(19,20)17-13-5-14(6-13)2-3-18(10-14)9-11-4-12(15)8-16-7-11/h4,7-8,13,17H,2-3,5-6,9-10H2,1H3. The second-order valence-electron chi connectivity index (χ2n) is 6.47. The van der Waals surface area contributed by atoms with Crippen LogP contribution in [-0.2, 0) is 16.6 Å². The van der Waals surface area contributed by atoms with Crippen LogP contribution in [-0.4, -0.2) is 43.7 Å². The van der Waals surface area contributed by atoms with E-state index in [1.807, 2.05) is 12.3 Å². The molecular formula is C14H20ClN3O2S. The normalized spacial score (nSPS) is 29.7. The quantitative estimate of drug-likeness (QED) is 0.912. The van der Waals surface area contributed by atoms with E-state index in [0.717, 1.165) is 44.5 Å². The SMILES string of the molecule is CS(=O)(=O)NC1CC2(CCN(Cc3cncc(Cl)c3)C2)C1. The Morgan fingerprint density at radius 1 is 1.48 bits per heavy atom. The Labute approximate surface area is 130 Å². The monoisotopic (exact) mass is 329 g/mol. The molecule has 0 radical (unpaired) electrons. The molecule has 7 heteroatoms. The van der Waals surface area contributed by atoms with Gasteiger partial charge in [-0.15, -0.1) is 0 Å². The fraction of sp³-hybridized carbons (Fsp3) is 0.643. The first-order valence-corrected chi connectivity index (χ1v) is 9.40. The average molecular weight is 330 g/mol. The number of aromatic nitrogens is 1. The van der Waals surface area contributed by atoms with Gasteiger partial charge in [-0.1, -0.05) is 11.6 Å². The maximum absolute atomic E-state index is 11.2. The van der Waals surface area contributed by atoms with Crippen molar-refractivity contribution in [1.29, 1.82) is 0 Å². The van der Waals surface area contributed by atoms with Gasteiger partial charge >= 0.3 is 0 Å². The van der Waals surface area contributed by atoms with Crippen molar-refractivity contribution >= 4 is 21.6 Å². The lowest BCUT2D eigenvalue weighted by Crippen LogP contribution is -2.51. The maximum atomic E-state index is 11.2. The Morgan fingerprint density at radius 3 is 2.90 bits per heavy atom. The molecule has 1 saturated heterocycles. The van der Waals surface area contributed by atoms with E-state index in [1.165, 1.54) is 6.26 Å². The number of rotatable bonds is 4. The highest BCUT2D eigenvalue weighted by molar-refractivity contribution is 7.88. The zero-order valence-electron chi connectivity index (χ0n) is 12.0. The lowest BCUT2D eigenvalue weighted by Gasteiger charge is -2.45. The van der Waals surface area contributed by atoms with Crippen molar-refractivity contribution in [2.24, 2.45) is 5.41 Å². The lowest BCUT2D eigenvalue weighted by atomic mass is 9.65. The number of likely N-dealkylation sites (tertiary alicyclic amines) is 1. The first kappa shape index (κ1) is 15.2. The number of hydrogen-bond acceptors (Lipinski definition) is 4. The Kier molecular flexibility index (Phi) is 3.98. The van der Waals surface area contributed by atoms with Gasteiger partial charge in [0.2, 0.25) is 10.0 Å². The summed E-state index contributed by atoms with van der Waals surface area (Å²) in [6, 6.07) is 2.07. The van der Waals surface area contributed by atoms with Crippen LogP contribution in [0.5, 0.6) is 0 Å². The lowest BCUT2D eigenvalue weighted by molar-refractivity contribution is 0.101. The molecule has 0 bridgehead atoms. The van der Waals surface area contributed by atoms with Crippen LogP contribution >= 0.6 is 11.6 Å². The third-order valence-electron chi connectivity index (χ3n) is 4.42. The average Bonchev–Trinajstić information content (AvgIpc) is 2.70. The summed E-state index contributed by atoms with van der Waals surface area (Å²) in [6.07, 6.45) is 7.76. The van der Waals surface area contributed by atoms with Crippen LogP contribution in [0.4, 0.5) is 0 Å². The molecule has 21 heavy (non-hydrogen) atoms. The zero-order valence-corrected chi connectivity index (χ0v) is 13.6. The molecule has 2 aliphatic rings. The Bertz CT molecular complexity index is 629. The molecule has 5 nitrogen and oxygen atoms in total. The summed E-state index contributed by atoms with van der Waals surface area (Å²) in [5.41, 5.74) is 1.43. The molecule has 0 unspecified atom stereocenters. The van der Waals surface area contributed by atoms with Crippen molar-refractivity contribution in [1.82, 2.24) is 14.6 Å². The van der Waals surface area contributed by atoms with E-state index in [4.69, 9.17) is 11.6 Å². The number of halogens is 1. The van der Waals surface area contributed by atoms with Gasteiger partial charge in [0.15, 0.2) is 0 Å². The summed E-state index contributed by atoms with van der Waals surface area (Å²) in [5, 5.41) is 0.669. The van der Waals surface area contributed by atoms with Crippen molar-refractivity contribution < 1.29 is 8.42 Å². The largest absolute Gasteiger partial charge is 0.298 e. The summed E-state index contributed by atoms with van der Waals surface area (Å²) in [7, 11) is -3.08. The molecule has 1 aromatic rings. The van der Waals surface area contributed by atoms with Crippen molar-refractivity contribution in [3.05, 3.63) is 29.0 Å². The molecule has 0 atom stereocenters. The third-order valence-corrected chi connectivity index (χ3v) is 5.39. The number of nitrogens with one attached hydrogen (secondary N) is 1. The van der Waals surface area contributed by atoms with Gasteiger partial charge in [-0.25, -0.2) is 13.1 Å². The maximum Gasteiger partial charge on any atom is 0.208 e. The van der Waals surface area contributed by atoms with E-state index in [0.29, 0.717) is 10.4 Å². The van der Waals surface area contributed by atoms with Gasteiger partial charge in [-0.3, -0.25) is 9.88 Å². The minimum Gasteiger partial charge on any atom is -0.298 e. The van der Waals surface area contributed by atoms with Crippen molar-refractivity contribution in [2.75, 3.05) is 19.3 Å². The van der Waals surface area contributed by atoms with Crippen molar-refractivity contribution in [2.45, 2.75) is 31.8 Å². The van der Waals surface area contributed by atoms with E-state index in [-0.39, 0.29) is 6.04 Å². The molecule has 1 N–H and O–H groups in total. The molecule has 1 aliphatic heterocycles. The van der Waals surface area contributed by atoms with Crippen molar-refractivity contribution in [3.63, 3.8) is 0 Å². The zero-order chi connectivity index (χ0) is 15.1. The molecule has 3 rings (SSSR count). The van der Waals surface area contributed by atoms with Crippen LogP contribution in [0.25, 0.3) is 0 Å². The molecule has 1 spiro atoms. The Hall–Kier alpha value is -0.690. The van der Waals surface area contributed by atoms with Gasteiger partial charge in [-0.2, -0.15) is 0 Å². The molecule has 1 saturated carbocycles. The summed E-state index contributed by atoms with van der Waals surface area (Å²) in [5.74, 6) is 0. The molecular weight excluding hydrogens is 310 g/mol. The minimum atomic E-state index is -3.08. The first-order valence-electron chi connectivity index (χ1n) is 7.13. The van der Waals surface area contributed by atoms with Gasteiger partial charge in [0, 0.05) is 31.5 Å². The van der Waals surface area contributed by atoms with Gasteiger partial charge in [0.25, 0.3) is 0 Å². The topological polar surface area (TPSA) is 62.3 Å². The number of hydrogen-bond donors (Lipinski definition) is 1. The van der Waals surface area contributed by atoms with Gasteiger partial charge in [-0.05, 0) is 42.9 Å². The van der Waals surface area contributed by atoms with Crippen LogP contribution in [0.1, 0.15) is 24.8 Å². The summed E-state index contributed by atoms with van der Waals surface area (Å²) in [6.45, 7) is 2.94. The van der Waals surface area contributed by atoms with E-state index < -0.39 is 10.0 Å². The van der Waals surface area contributed by atoms with Crippen LogP contribution in [0, 0.1) is 5.41 Å². The number of pyridine rings is 1. The summed E-state index contributed by atoms with van der Waals surface area (Å²) in [4.78, 5) is 6.52. The minimum absolute atomic E-state index is 0.118. The molecule has 0 aromatic carbocycles. The molecule has 0 amide bonds. The van der Waals surface area contributed by atoms with E-state index in [2.05, 4.69) is 14.6 Å². The number of nitrogens with zero attached hydrogens (tertiary/aromatic N) is 2. The smallest absolute Gasteiger partial charge is 0.208 e. The van der Waals surface area contributed by atoms with E-state index in [9.17, 15) is 8.42 Å². The third kappa shape index (κ3) is 3.74. The van der Waals surface area contributed by atoms with Gasteiger partial charge in [0.1, 0.15) is 0 Å². The highest BCUT2D eigenvalue weighted by Crippen LogP contribution is 2.48. The fourth-order valence-electron chi connectivity index (χ4n) is 3.67. The van der Waals surface area contributed by atoms with Crippen LogP contribution < -0.4 is 4.72 Å². The Morgan fingerprint density at radius 2 is 2.24 bits per heavy atom. The van der Waals surface area contributed by atoms with E-state index in [1.54, 1.807) is 6.20 Å². The molecule has 2 heterocycles. The Balaban J connectivity index is 1.53.